The highest BCUT2D eigenvalue weighted by atomic mass is 35.5. The predicted octanol–water partition coefficient (Wildman–Crippen LogP) is 4.48. The summed E-state index contributed by atoms with van der Waals surface area (Å²) >= 11 is 13.9. The minimum Gasteiger partial charge on any atom is -0.507 e. The van der Waals surface area contributed by atoms with Crippen LogP contribution in [0, 0.1) is 0 Å². The first-order valence-corrected chi connectivity index (χ1v) is 9.59. The van der Waals surface area contributed by atoms with Gasteiger partial charge in [0.15, 0.2) is 0 Å². The molecule has 0 aliphatic carbocycles. The Balaban J connectivity index is 1.73. The number of benzene rings is 2. The van der Waals surface area contributed by atoms with E-state index in [0.29, 0.717) is 36.8 Å². The second kappa shape index (κ2) is 7.31. The van der Waals surface area contributed by atoms with Crippen molar-refractivity contribution in [3.05, 3.63) is 75.9 Å². The molecule has 2 aliphatic heterocycles. The Hall–Kier alpha value is -2.41. The third-order valence-electron chi connectivity index (χ3n) is 4.05. The maximum Gasteiger partial charge on any atom is 0.255 e. The van der Waals surface area contributed by atoms with Crippen LogP contribution in [0.25, 0.3) is 5.57 Å². The monoisotopic (exact) mass is 417 g/mol. The number of hydrogen-bond acceptors (Lipinski definition) is 5. The molecule has 0 fully saturated rings. The molecule has 5 nitrogen and oxygen atoms in total. The molecule has 0 bridgehead atoms. The van der Waals surface area contributed by atoms with Gasteiger partial charge in [0.25, 0.3) is 5.91 Å². The second-order valence-electron chi connectivity index (χ2n) is 5.76. The number of para-hydroxylation sites is 1. The molecular formula is C19H13Cl2N3O2S. The zero-order valence-corrected chi connectivity index (χ0v) is 16.1. The number of nitrogens with one attached hydrogen (secondary N) is 1. The molecule has 4 rings (SSSR count). The lowest BCUT2D eigenvalue weighted by Crippen LogP contribution is -2.42. The van der Waals surface area contributed by atoms with E-state index < -0.39 is 0 Å². The number of fused-ring (bicyclic) bond motifs is 1. The van der Waals surface area contributed by atoms with Crippen molar-refractivity contribution in [2.75, 3.05) is 6.67 Å². The third kappa shape index (κ3) is 3.43. The maximum absolute atomic E-state index is 12.5. The lowest BCUT2D eigenvalue weighted by Gasteiger charge is -2.31. The van der Waals surface area contributed by atoms with Gasteiger partial charge in [-0.05, 0) is 36.4 Å². The Morgan fingerprint density at radius 2 is 1.81 bits per heavy atom. The molecule has 2 aliphatic rings. The van der Waals surface area contributed by atoms with Crippen molar-refractivity contribution < 1.29 is 9.90 Å². The van der Waals surface area contributed by atoms with Crippen LogP contribution >= 0.6 is 35.0 Å². The van der Waals surface area contributed by atoms with E-state index in [0.717, 1.165) is 0 Å². The average Bonchev–Trinajstić information content (AvgIpc) is 2.65. The Labute approximate surface area is 170 Å². The number of aromatic hydroxyl groups is 1. The number of amides is 1. The van der Waals surface area contributed by atoms with E-state index in [9.17, 15) is 9.90 Å². The topological polar surface area (TPSA) is 64.9 Å². The van der Waals surface area contributed by atoms with Gasteiger partial charge in [-0.25, -0.2) is 5.01 Å². The van der Waals surface area contributed by atoms with Crippen molar-refractivity contribution in [3.8, 4) is 5.75 Å². The second-order valence-corrected chi connectivity index (χ2v) is 7.64. The Kier molecular flexibility index (Phi) is 4.86. The molecular weight excluding hydrogens is 405 g/mol. The van der Waals surface area contributed by atoms with E-state index in [-0.39, 0.29) is 18.3 Å². The number of phenolic OH excluding ortho intramolecular Hbond substituents is 1. The summed E-state index contributed by atoms with van der Waals surface area (Å²) in [6, 6.07) is 12.2. The summed E-state index contributed by atoms with van der Waals surface area (Å²) in [5.74, 6) is -0.0664. The number of nitrogens with zero attached hydrogens (tertiary/aromatic N) is 2. The van der Waals surface area contributed by atoms with Crippen molar-refractivity contribution in [3.63, 3.8) is 0 Å². The molecule has 27 heavy (non-hydrogen) atoms. The van der Waals surface area contributed by atoms with Crippen LogP contribution in [0.2, 0.25) is 10.0 Å². The van der Waals surface area contributed by atoms with Crippen LogP contribution in [-0.2, 0) is 4.79 Å². The number of carbonyl (C=O) groups excluding carboxylic acids is 1. The molecule has 0 spiro atoms. The molecule has 0 saturated heterocycles. The summed E-state index contributed by atoms with van der Waals surface area (Å²) < 4.78 is 0. The van der Waals surface area contributed by atoms with E-state index in [1.165, 1.54) is 11.8 Å². The molecule has 0 radical (unpaired) electrons. The third-order valence-corrected chi connectivity index (χ3v) is 5.67. The molecule has 2 heterocycles. The standard InChI is InChI=1S/C19H13Cl2N3O2S/c20-11-4-3-5-12(21)17(11)18-13-8-9-16(23-24(13)10-22-19(18)26)27-15-7-2-1-6-14(15)25/h1-9,25H,10H2,(H,22,26). The molecule has 2 N–H and O–H groups in total. The number of halogens is 2. The van der Waals surface area contributed by atoms with Gasteiger partial charge in [-0.15, -0.1) is 0 Å². The first-order valence-electron chi connectivity index (χ1n) is 8.01. The van der Waals surface area contributed by atoms with Gasteiger partial charge in [0, 0.05) is 5.56 Å². The number of allylic oxidation sites excluding steroid dienone is 1. The molecule has 0 saturated carbocycles. The summed E-state index contributed by atoms with van der Waals surface area (Å²) in [5, 5.41) is 20.5. The quantitative estimate of drug-likeness (QED) is 0.755. The molecule has 0 aromatic heterocycles. The first-order chi connectivity index (χ1) is 13.0. The van der Waals surface area contributed by atoms with Crippen LogP contribution in [0.4, 0.5) is 0 Å². The van der Waals surface area contributed by atoms with Gasteiger partial charge in [0.05, 0.1) is 26.2 Å². The Morgan fingerprint density at radius 3 is 2.56 bits per heavy atom. The average molecular weight is 418 g/mol. The molecule has 1 amide bonds. The van der Waals surface area contributed by atoms with Crippen molar-refractivity contribution >= 4 is 51.5 Å². The maximum atomic E-state index is 12.5. The van der Waals surface area contributed by atoms with Crippen molar-refractivity contribution in [2.45, 2.75) is 4.90 Å². The van der Waals surface area contributed by atoms with Gasteiger partial charge >= 0.3 is 0 Å². The van der Waals surface area contributed by atoms with Crippen molar-refractivity contribution in [1.82, 2.24) is 10.3 Å². The Bertz CT molecular complexity index is 1010. The van der Waals surface area contributed by atoms with Crippen LogP contribution in [0.3, 0.4) is 0 Å². The SMILES string of the molecule is O=C1NCN2N=C(Sc3ccccc3O)C=CC2=C1c1c(Cl)cccc1Cl. The van der Waals surface area contributed by atoms with Crippen LogP contribution < -0.4 is 5.32 Å². The molecule has 0 unspecified atom stereocenters. The number of carbonyl (C=O) groups is 1. The van der Waals surface area contributed by atoms with Crippen molar-refractivity contribution in [2.24, 2.45) is 5.10 Å². The van der Waals surface area contributed by atoms with E-state index in [4.69, 9.17) is 23.2 Å². The molecule has 2 aromatic rings. The van der Waals surface area contributed by atoms with Gasteiger partial charge in [-0.3, -0.25) is 4.79 Å². The molecule has 0 atom stereocenters. The lowest BCUT2D eigenvalue weighted by molar-refractivity contribution is -0.116. The molecule has 2 aromatic carbocycles. The van der Waals surface area contributed by atoms with Gasteiger partial charge < -0.3 is 10.4 Å². The summed E-state index contributed by atoms with van der Waals surface area (Å²) in [4.78, 5) is 13.2. The van der Waals surface area contributed by atoms with Crippen LogP contribution in [0.15, 0.2) is 70.3 Å². The largest absolute Gasteiger partial charge is 0.507 e. The van der Waals surface area contributed by atoms with E-state index in [2.05, 4.69) is 10.4 Å². The highest BCUT2D eigenvalue weighted by molar-refractivity contribution is 8.14. The minimum atomic E-state index is -0.257. The van der Waals surface area contributed by atoms with Gasteiger partial charge in [0.2, 0.25) is 0 Å². The lowest BCUT2D eigenvalue weighted by atomic mass is 10.0. The summed E-state index contributed by atoms with van der Waals surface area (Å²) in [7, 11) is 0. The molecule has 8 heteroatoms. The van der Waals surface area contributed by atoms with Gasteiger partial charge in [0.1, 0.15) is 17.5 Å². The van der Waals surface area contributed by atoms with Crippen LogP contribution in [0.1, 0.15) is 5.56 Å². The van der Waals surface area contributed by atoms with E-state index in [1.807, 2.05) is 18.2 Å². The van der Waals surface area contributed by atoms with Gasteiger partial charge in [-0.2, -0.15) is 5.10 Å². The fourth-order valence-electron chi connectivity index (χ4n) is 2.82. The zero-order chi connectivity index (χ0) is 19.0. The number of hydrogen-bond donors (Lipinski definition) is 2. The fourth-order valence-corrected chi connectivity index (χ4v) is 4.22. The number of rotatable bonds is 2. The zero-order valence-electron chi connectivity index (χ0n) is 13.8. The van der Waals surface area contributed by atoms with Crippen LogP contribution in [-0.4, -0.2) is 27.7 Å². The number of phenols is 1. The van der Waals surface area contributed by atoms with E-state index >= 15 is 0 Å². The smallest absolute Gasteiger partial charge is 0.255 e. The highest BCUT2D eigenvalue weighted by Crippen LogP contribution is 2.37. The number of thioether (sulfide) groups is 1. The Morgan fingerprint density at radius 1 is 1.07 bits per heavy atom. The fraction of sp³-hybridized carbons (Fsp3) is 0.0526. The molecule has 136 valence electrons. The summed E-state index contributed by atoms with van der Waals surface area (Å²) in [5.41, 5.74) is 1.48. The first kappa shape index (κ1) is 18.0. The van der Waals surface area contributed by atoms with Gasteiger partial charge in [-0.1, -0.05) is 53.2 Å². The predicted molar refractivity (Wildman–Crippen MR) is 109 cm³/mol. The summed E-state index contributed by atoms with van der Waals surface area (Å²) in [6.45, 7) is 0.231. The van der Waals surface area contributed by atoms with Crippen molar-refractivity contribution in [1.29, 1.82) is 0 Å². The number of hydrazone groups is 1. The highest BCUT2D eigenvalue weighted by Gasteiger charge is 2.30. The van der Waals surface area contributed by atoms with E-state index in [1.54, 1.807) is 41.4 Å². The minimum absolute atomic E-state index is 0.190. The van der Waals surface area contributed by atoms with Crippen LogP contribution in [0.5, 0.6) is 5.75 Å². The normalized spacial score (nSPS) is 16.1. The summed E-state index contributed by atoms with van der Waals surface area (Å²) in [6.07, 6.45) is 3.61.